The maximum atomic E-state index is 11.7. The highest BCUT2D eigenvalue weighted by molar-refractivity contribution is 5.79. The van der Waals surface area contributed by atoms with Crippen molar-refractivity contribution in [2.24, 2.45) is 0 Å². The lowest BCUT2D eigenvalue weighted by atomic mass is 10.1. The zero-order chi connectivity index (χ0) is 15.1. The fourth-order valence-corrected chi connectivity index (χ4v) is 1.94. The molecule has 7 heteroatoms. The molecule has 21 heavy (non-hydrogen) atoms. The Labute approximate surface area is 123 Å². The second kappa shape index (κ2) is 7.57. The standard InChI is InChI=1S/C14H19N5O2/c1-21-12-9-19(10-12)14(20)8-16-4-5-17-13-3-2-11(6-15)7-18-13/h2-3,7,12,16H,4-5,8-10H2,1H3,(H,17,18). The molecule has 2 N–H and O–H groups in total. The summed E-state index contributed by atoms with van der Waals surface area (Å²) >= 11 is 0. The van der Waals surface area contributed by atoms with Crippen LogP contribution in [-0.4, -0.2) is 61.7 Å². The molecule has 0 saturated carbocycles. The van der Waals surface area contributed by atoms with Crippen molar-refractivity contribution in [1.29, 1.82) is 5.26 Å². The van der Waals surface area contributed by atoms with Gasteiger partial charge in [0.2, 0.25) is 5.91 Å². The van der Waals surface area contributed by atoms with Crippen molar-refractivity contribution >= 4 is 11.7 Å². The van der Waals surface area contributed by atoms with Crippen molar-refractivity contribution < 1.29 is 9.53 Å². The quantitative estimate of drug-likeness (QED) is 0.676. The summed E-state index contributed by atoms with van der Waals surface area (Å²) in [5.41, 5.74) is 0.535. The van der Waals surface area contributed by atoms with Gasteiger partial charge in [0.15, 0.2) is 0 Å². The van der Waals surface area contributed by atoms with E-state index in [-0.39, 0.29) is 12.0 Å². The highest BCUT2D eigenvalue weighted by Gasteiger charge is 2.29. The minimum Gasteiger partial charge on any atom is -0.378 e. The van der Waals surface area contributed by atoms with E-state index in [1.807, 2.05) is 6.07 Å². The molecule has 1 aromatic rings. The molecule has 0 unspecified atom stereocenters. The second-order valence-electron chi connectivity index (χ2n) is 4.80. The summed E-state index contributed by atoms with van der Waals surface area (Å²) < 4.78 is 5.12. The Morgan fingerprint density at radius 3 is 2.95 bits per heavy atom. The van der Waals surface area contributed by atoms with Crippen LogP contribution in [0.2, 0.25) is 0 Å². The van der Waals surface area contributed by atoms with Crippen LogP contribution in [0.1, 0.15) is 5.56 Å². The molecule has 1 aromatic heterocycles. The van der Waals surface area contributed by atoms with Crippen LogP contribution >= 0.6 is 0 Å². The monoisotopic (exact) mass is 289 g/mol. The number of nitrogens with one attached hydrogen (secondary N) is 2. The van der Waals surface area contributed by atoms with Crippen molar-refractivity contribution in [3.8, 4) is 6.07 Å². The molecule has 7 nitrogen and oxygen atoms in total. The molecule has 2 rings (SSSR count). The number of anilines is 1. The fraction of sp³-hybridized carbons (Fsp3) is 0.500. The Morgan fingerprint density at radius 2 is 2.33 bits per heavy atom. The lowest BCUT2D eigenvalue weighted by molar-refractivity contribution is -0.141. The molecule has 0 aliphatic carbocycles. The third-order valence-electron chi connectivity index (χ3n) is 3.31. The zero-order valence-electron chi connectivity index (χ0n) is 12.0. The van der Waals surface area contributed by atoms with Crippen LogP contribution in [0, 0.1) is 11.3 Å². The van der Waals surface area contributed by atoms with Gasteiger partial charge >= 0.3 is 0 Å². The van der Waals surface area contributed by atoms with Gasteiger partial charge in [-0.15, -0.1) is 0 Å². The third kappa shape index (κ3) is 4.41. The van der Waals surface area contributed by atoms with E-state index >= 15 is 0 Å². The number of pyridine rings is 1. The van der Waals surface area contributed by atoms with Gasteiger partial charge in [0.25, 0.3) is 0 Å². The molecule has 1 amide bonds. The number of hydrogen-bond acceptors (Lipinski definition) is 6. The summed E-state index contributed by atoms with van der Waals surface area (Å²) in [6.45, 7) is 3.02. The average Bonchev–Trinajstić information content (AvgIpc) is 2.46. The number of likely N-dealkylation sites (tertiary alicyclic amines) is 1. The van der Waals surface area contributed by atoms with Crippen molar-refractivity contribution in [3.05, 3.63) is 23.9 Å². The van der Waals surface area contributed by atoms with Crippen LogP contribution < -0.4 is 10.6 Å². The molecule has 1 saturated heterocycles. The molecule has 0 aromatic carbocycles. The molecule has 0 atom stereocenters. The van der Waals surface area contributed by atoms with Crippen LogP contribution in [0.25, 0.3) is 0 Å². The van der Waals surface area contributed by atoms with E-state index in [4.69, 9.17) is 10.00 Å². The van der Waals surface area contributed by atoms with Gasteiger partial charge in [0.05, 0.1) is 18.2 Å². The van der Waals surface area contributed by atoms with Crippen molar-refractivity contribution in [3.63, 3.8) is 0 Å². The predicted octanol–water partition coefficient (Wildman–Crippen LogP) is -0.188. The molecule has 112 valence electrons. The molecule has 0 bridgehead atoms. The smallest absolute Gasteiger partial charge is 0.236 e. The number of carbonyl (C=O) groups excluding carboxylic acids is 1. The van der Waals surface area contributed by atoms with Crippen LogP contribution in [0.15, 0.2) is 18.3 Å². The summed E-state index contributed by atoms with van der Waals surface area (Å²) in [6.07, 6.45) is 1.72. The molecule has 2 heterocycles. The normalized spacial score (nSPS) is 14.4. The van der Waals surface area contributed by atoms with E-state index in [0.717, 1.165) is 0 Å². The molecular formula is C14H19N5O2. The van der Waals surface area contributed by atoms with Gasteiger partial charge in [-0.1, -0.05) is 0 Å². The van der Waals surface area contributed by atoms with E-state index in [1.165, 1.54) is 6.20 Å². The third-order valence-corrected chi connectivity index (χ3v) is 3.31. The summed E-state index contributed by atoms with van der Waals surface area (Å²) in [5, 5.41) is 14.9. The maximum Gasteiger partial charge on any atom is 0.236 e. The van der Waals surface area contributed by atoms with Crippen molar-refractivity contribution in [1.82, 2.24) is 15.2 Å². The van der Waals surface area contributed by atoms with Crippen LogP contribution in [0.4, 0.5) is 5.82 Å². The van der Waals surface area contributed by atoms with E-state index in [1.54, 1.807) is 24.1 Å². The predicted molar refractivity (Wildman–Crippen MR) is 77.7 cm³/mol. The number of hydrogen-bond donors (Lipinski definition) is 2. The van der Waals surface area contributed by atoms with Gasteiger partial charge in [-0.3, -0.25) is 4.79 Å². The summed E-state index contributed by atoms with van der Waals surface area (Å²) in [4.78, 5) is 17.6. The van der Waals surface area contributed by atoms with Gasteiger partial charge in [0.1, 0.15) is 11.9 Å². The Hall–Kier alpha value is -2.17. The van der Waals surface area contributed by atoms with E-state index in [2.05, 4.69) is 15.6 Å². The number of carbonyl (C=O) groups is 1. The Morgan fingerprint density at radius 1 is 1.52 bits per heavy atom. The molecular weight excluding hydrogens is 270 g/mol. The van der Waals surface area contributed by atoms with Gasteiger partial charge in [-0.2, -0.15) is 5.26 Å². The number of amides is 1. The van der Waals surface area contributed by atoms with Crippen LogP contribution in [-0.2, 0) is 9.53 Å². The van der Waals surface area contributed by atoms with E-state index in [0.29, 0.717) is 44.1 Å². The number of nitriles is 1. The topological polar surface area (TPSA) is 90.3 Å². The summed E-state index contributed by atoms with van der Waals surface area (Å²) in [6, 6.07) is 5.49. The van der Waals surface area contributed by atoms with Gasteiger partial charge in [-0.05, 0) is 12.1 Å². The Bertz CT molecular complexity index is 505. The average molecular weight is 289 g/mol. The van der Waals surface area contributed by atoms with E-state index in [9.17, 15) is 4.79 Å². The Balaban J connectivity index is 1.55. The Kier molecular flexibility index (Phi) is 5.49. The van der Waals surface area contributed by atoms with Gasteiger partial charge < -0.3 is 20.3 Å². The lowest BCUT2D eigenvalue weighted by Crippen LogP contribution is -2.56. The number of rotatable bonds is 7. The molecule has 1 aliphatic rings. The van der Waals surface area contributed by atoms with Gasteiger partial charge in [0, 0.05) is 39.5 Å². The second-order valence-corrected chi connectivity index (χ2v) is 4.80. The first-order valence-electron chi connectivity index (χ1n) is 6.84. The fourth-order valence-electron chi connectivity index (χ4n) is 1.94. The lowest BCUT2D eigenvalue weighted by Gasteiger charge is -2.38. The maximum absolute atomic E-state index is 11.7. The first kappa shape index (κ1) is 15.2. The van der Waals surface area contributed by atoms with Crippen molar-refractivity contribution in [2.75, 3.05) is 45.2 Å². The first-order chi connectivity index (χ1) is 10.2. The molecule has 0 spiro atoms. The molecule has 1 aliphatic heterocycles. The molecule has 0 radical (unpaired) electrons. The van der Waals surface area contributed by atoms with Gasteiger partial charge in [-0.25, -0.2) is 4.98 Å². The van der Waals surface area contributed by atoms with E-state index < -0.39 is 0 Å². The minimum atomic E-state index is 0.0970. The number of methoxy groups -OCH3 is 1. The SMILES string of the molecule is COC1CN(C(=O)CNCCNc2ccc(C#N)cn2)C1. The highest BCUT2D eigenvalue weighted by Crippen LogP contribution is 2.09. The largest absolute Gasteiger partial charge is 0.378 e. The van der Waals surface area contributed by atoms with Crippen LogP contribution in [0.5, 0.6) is 0 Å². The highest BCUT2D eigenvalue weighted by atomic mass is 16.5. The number of nitrogens with zero attached hydrogens (tertiary/aromatic N) is 3. The first-order valence-corrected chi connectivity index (χ1v) is 6.84. The summed E-state index contributed by atoms with van der Waals surface area (Å²) in [5.74, 6) is 0.813. The minimum absolute atomic E-state index is 0.0970. The van der Waals surface area contributed by atoms with Crippen LogP contribution in [0.3, 0.4) is 0 Å². The molecule has 1 fully saturated rings. The number of ether oxygens (including phenoxy) is 1. The zero-order valence-corrected chi connectivity index (χ0v) is 12.0. The van der Waals surface area contributed by atoms with Crippen molar-refractivity contribution in [2.45, 2.75) is 6.10 Å². The summed E-state index contributed by atoms with van der Waals surface area (Å²) in [7, 11) is 1.66. The number of aromatic nitrogens is 1.